The Bertz CT molecular complexity index is 2720. The van der Waals surface area contributed by atoms with Gasteiger partial charge in [-0.05, 0) is 95.7 Å². The molecule has 1 fully saturated rings. The van der Waals surface area contributed by atoms with Gasteiger partial charge in [-0.15, -0.1) is 6.58 Å². The third-order valence-corrected chi connectivity index (χ3v) is 15.6. The predicted molar refractivity (Wildman–Crippen MR) is 296 cm³/mol. The van der Waals surface area contributed by atoms with Crippen molar-refractivity contribution < 1.29 is 39.0 Å². The molecule has 1 saturated carbocycles. The molecule has 1 aliphatic heterocycles. The van der Waals surface area contributed by atoms with Crippen molar-refractivity contribution >= 4 is 28.1 Å². The number of nitro groups is 1. The van der Waals surface area contributed by atoms with E-state index in [9.17, 15) is 20.3 Å². The molecule has 75 heavy (non-hydrogen) atoms. The van der Waals surface area contributed by atoms with E-state index < -0.39 is 22.7 Å². The highest BCUT2D eigenvalue weighted by molar-refractivity contribution is 6.03. The van der Waals surface area contributed by atoms with Crippen LogP contribution < -0.4 is 9.47 Å². The SMILES string of the molecule is C=CCO[C@@]12Oc3ccc(Oc4cccc([N+](=O)[O-])c4)cc3[C@H]3[C@H](CCCCO)[C@@H](CCCCO)C=C(C(=NOCc4ccccc4)C[C@@H]1N(Cc1cccc4ccccc14)C(=O)CCCCCCCCCCC)[C@H]32. The van der Waals surface area contributed by atoms with Crippen LogP contribution in [-0.2, 0) is 27.5 Å². The fraction of sp³-hybridized carbons (Fsp3) is 0.460. The molecule has 5 aromatic rings. The van der Waals surface area contributed by atoms with Gasteiger partial charge in [0.15, 0.2) is 0 Å². The van der Waals surface area contributed by atoms with Crippen LogP contribution in [0.2, 0.25) is 0 Å². The first-order valence-electron chi connectivity index (χ1n) is 27.7. The first kappa shape index (κ1) is 54.9. The Morgan fingerprint density at radius 2 is 1.53 bits per heavy atom. The number of fused-ring (bicyclic) bond motifs is 3. The van der Waals surface area contributed by atoms with Crippen molar-refractivity contribution in [3.63, 3.8) is 0 Å². The molecule has 0 radical (unpaired) electrons. The molecular weight excluding hydrogens is 943 g/mol. The number of nitrogens with zero attached hydrogens (tertiary/aromatic N) is 3. The van der Waals surface area contributed by atoms with Crippen LogP contribution in [0.5, 0.6) is 17.2 Å². The van der Waals surface area contributed by atoms with Gasteiger partial charge in [0.2, 0.25) is 11.7 Å². The highest BCUT2D eigenvalue weighted by Crippen LogP contribution is 2.62. The molecule has 3 aliphatic rings. The van der Waals surface area contributed by atoms with E-state index in [1.165, 1.54) is 44.2 Å². The predicted octanol–water partition coefficient (Wildman–Crippen LogP) is 14.3. The summed E-state index contributed by atoms with van der Waals surface area (Å²) in [5.41, 5.74) is 4.45. The molecule has 0 bridgehead atoms. The Hall–Kier alpha value is -6.34. The van der Waals surface area contributed by atoms with Crippen LogP contribution in [0.25, 0.3) is 10.8 Å². The van der Waals surface area contributed by atoms with Crippen molar-refractivity contribution in [3.05, 3.63) is 166 Å². The Balaban J connectivity index is 1.29. The minimum Gasteiger partial charge on any atom is -0.459 e. The maximum Gasteiger partial charge on any atom is 0.273 e. The summed E-state index contributed by atoms with van der Waals surface area (Å²) in [5, 5.41) is 39.3. The molecule has 12 nitrogen and oxygen atoms in total. The Kier molecular flexibility index (Phi) is 20.1. The van der Waals surface area contributed by atoms with Crippen molar-refractivity contribution in [2.45, 2.75) is 147 Å². The summed E-state index contributed by atoms with van der Waals surface area (Å²) >= 11 is 0. The molecule has 0 aromatic heterocycles. The molecule has 2 aliphatic carbocycles. The fourth-order valence-corrected chi connectivity index (χ4v) is 12.0. The maximum atomic E-state index is 15.6. The molecule has 5 aromatic carbocycles. The number of aliphatic hydroxyl groups is 2. The standard InChI is InChI=1S/C63H77N3O9/c1-3-5-6-7-8-9-10-11-15-34-60(69)65(44-49-29-22-28-47-26-16-17-32-53(47)49)59-43-57(64-73-45-46-24-13-12-14-25-46)55-40-48(27-18-20-37-67)54(33-19-21-38-68)61-56-42-52(74-51-31-23-30-50(41-51)66(70)71)35-36-58(56)75-63(59,62(55)61)72-39-4-2/h4,12-14,16-17,22-26,28-32,35-36,40-42,48,54,59,61-62,67-68H,2-3,5-11,15,18-21,27,33-34,37-39,43-45H2,1H3/t48-,54+,59-,61+,62+,63+/m0/s1. The molecule has 2 N–H and O–H groups in total. The molecular formula is C63H77N3O9. The zero-order valence-electron chi connectivity index (χ0n) is 43.9. The lowest BCUT2D eigenvalue weighted by atomic mass is 9.55. The van der Waals surface area contributed by atoms with Gasteiger partial charge in [-0.25, -0.2) is 0 Å². The van der Waals surface area contributed by atoms with Crippen LogP contribution in [0.4, 0.5) is 5.69 Å². The van der Waals surface area contributed by atoms with E-state index in [2.05, 4.69) is 49.9 Å². The molecule has 0 saturated heterocycles. The Morgan fingerprint density at radius 1 is 0.827 bits per heavy atom. The molecule has 12 heteroatoms. The molecule has 1 amide bonds. The smallest absolute Gasteiger partial charge is 0.273 e. The summed E-state index contributed by atoms with van der Waals surface area (Å²) in [5.74, 6) is -0.850. The van der Waals surface area contributed by atoms with Crippen molar-refractivity contribution in [2.75, 3.05) is 19.8 Å². The second-order valence-electron chi connectivity index (χ2n) is 20.6. The highest BCUT2D eigenvalue weighted by Gasteiger charge is 2.65. The van der Waals surface area contributed by atoms with Gasteiger partial charge in [0.05, 0.1) is 29.2 Å². The van der Waals surface area contributed by atoms with E-state index in [-0.39, 0.29) is 62.2 Å². The lowest BCUT2D eigenvalue weighted by Gasteiger charge is -2.60. The van der Waals surface area contributed by atoms with E-state index in [1.54, 1.807) is 18.2 Å². The van der Waals surface area contributed by atoms with Gasteiger partial charge < -0.3 is 34.2 Å². The summed E-state index contributed by atoms with van der Waals surface area (Å²) in [6.45, 7) is 7.20. The largest absolute Gasteiger partial charge is 0.459 e. The normalized spacial score (nSPS) is 21.1. The number of aliphatic hydroxyl groups excluding tert-OH is 2. The number of amides is 1. The number of allylic oxidation sites excluding steroid dienone is 1. The Morgan fingerprint density at radius 3 is 2.29 bits per heavy atom. The second-order valence-corrected chi connectivity index (χ2v) is 20.6. The number of oxime groups is 1. The van der Waals surface area contributed by atoms with Crippen LogP contribution in [0.1, 0.15) is 139 Å². The van der Waals surface area contributed by atoms with E-state index in [0.717, 1.165) is 90.1 Å². The second kappa shape index (κ2) is 27.4. The number of unbranched alkanes of at least 4 members (excludes halogenated alkanes) is 10. The summed E-state index contributed by atoms with van der Waals surface area (Å²) < 4.78 is 21.4. The molecule has 0 unspecified atom stereocenters. The number of carbonyl (C=O) groups is 1. The van der Waals surface area contributed by atoms with Crippen molar-refractivity contribution in [1.29, 1.82) is 0 Å². The van der Waals surface area contributed by atoms with E-state index >= 15 is 4.79 Å². The highest BCUT2D eigenvalue weighted by atomic mass is 16.7. The van der Waals surface area contributed by atoms with Gasteiger partial charge in [-0.2, -0.15) is 0 Å². The van der Waals surface area contributed by atoms with Crippen molar-refractivity contribution in [1.82, 2.24) is 4.90 Å². The lowest BCUT2D eigenvalue weighted by Crippen LogP contribution is -2.70. The number of rotatable bonds is 30. The van der Waals surface area contributed by atoms with Gasteiger partial charge in [0.1, 0.15) is 29.9 Å². The summed E-state index contributed by atoms with van der Waals surface area (Å²) in [4.78, 5) is 35.4. The fourth-order valence-electron chi connectivity index (χ4n) is 12.0. The minimum absolute atomic E-state index is 0.0123. The number of ether oxygens (including phenoxy) is 3. The number of hydrogen-bond donors (Lipinski definition) is 2. The molecule has 398 valence electrons. The summed E-state index contributed by atoms with van der Waals surface area (Å²) in [6.07, 6.45) is 19.3. The topological polar surface area (TPSA) is 153 Å². The third-order valence-electron chi connectivity index (χ3n) is 15.6. The lowest BCUT2D eigenvalue weighted by molar-refractivity contribution is -0.384. The summed E-state index contributed by atoms with van der Waals surface area (Å²) in [7, 11) is 0. The van der Waals surface area contributed by atoms with Crippen LogP contribution >= 0.6 is 0 Å². The summed E-state index contributed by atoms with van der Waals surface area (Å²) in [6, 6.07) is 35.7. The van der Waals surface area contributed by atoms with Crippen molar-refractivity contribution in [3.8, 4) is 17.2 Å². The Labute approximate surface area is 443 Å². The zero-order chi connectivity index (χ0) is 52.4. The molecule has 8 rings (SSSR count). The molecule has 6 atom stereocenters. The average molecular weight is 1020 g/mol. The van der Waals surface area contributed by atoms with Gasteiger partial charge in [-0.1, -0.05) is 167 Å². The van der Waals surface area contributed by atoms with Gasteiger partial charge >= 0.3 is 0 Å². The third kappa shape index (κ3) is 13.6. The van der Waals surface area contributed by atoms with Crippen LogP contribution in [-0.4, -0.2) is 63.3 Å². The van der Waals surface area contributed by atoms with E-state index in [0.29, 0.717) is 43.1 Å². The van der Waals surface area contributed by atoms with Crippen LogP contribution in [0.3, 0.4) is 0 Å². The zero-order valence-corrected chi connectivity index (χ0v) is 43.9. The monoisotopic (exact) mass is 1020 g/mol. The quantitative estimate of drug-likeness (QED) is 0.0198. The van der Waals surface area contributed by atoms with E-state index in [1.807, 2.05) is 65.6 Å². The van der Waals surface area contributed by atoms with Gasteiger partial charge in [0, 0.05) is 50.1 Å². The number of benzene rings is 5. The first-order chi connectivity index (χ1) is 36.8. The first-order valence-corrected chi connectivity index (χ1v) is 27.7. The van der Waals surface area contributed by atoms with Crippen LogP contribution in [0, 0.1) is 27.9 Å². The van der Waals surface area contributed by atoms with Gasteiger partial charge in [-0.3, -0.25) is 14.9 Å². The number of carbonyl (C=O) groups excluding carboxylic acids is 1. The number of hydrogen-bond acceptors (Lipinski definition) is 10. The molecule has 0 spiro atoms. The maximum absolute atomic E-state index is 15.6. The van der Waals surface area contributed by atoms with Gasteiger partial charge in [0.25, 0.3) is 5.69 Å². The number of non-ortho nitro benzene ring substituents is 1. The average Bonchev–Trinajstić information content (AvgIpc) is 3.53. The minimum atomic E-state index is -1.46. The van der Waals surface area contributed by atoms with Crippen molar-refractivity contribution in [2.24, 2.45) is 22.9 Å². The van der Waals surface area contributed by atoms with Crippen LogP contribution in [0.15, 0.2) is 145 Å². The molecule has 1 heterocycles. The van der Waals surface area contributed by atoms with E-state index in [4.69, 9.17) is 24.2 Å². The number of nitro benzene ring substituents is 1.